The summed E-state index contributed by atoms with van der Waals surface area (Å²) in [6, 6.07) is 10.6. The Bertz CT molecular complexity index is 1200. The Morgan fingerprint density at radius 3 is 2.32 bits per heavy atom. The van der Waals surface area contributed by atoms with Gasteiger partial charge in [0.25, 0.3) is 0 Å². The van der Waals surface area contributed by atoms with Crippen LogP contribution in [-0.4, -0.2) is 69.3 Å². The van der Waals surface area contributed by atoms with Gasteiger partial charge in [-0.3, -0.25) is 0 Å². The number of nitrogens with zero attached hydrogens (tertiary/aromatic N) is 3. The van der Waals surface area contributed by atoms with Gasteiger partial charge in [-0.2, -0.15) is 10.1 Å². The molecule has 0 spiro atoms. The lowest BCUT2D eigenvalue weighted by Crippen LogP contribution is -2.12. The number of benzene rings is 2. The van der Waals surface area contributed by atoms with Gasteiger partial charge in [0.1, 0.15) is 24.4 Å². The van der Waals surface area contributed by atoms with E-state index in [1.807, 2.05) is 12.1 Å². The van der Waals surface area contributed by atoms with E-state index in [-0.39, 0.29) is 18.8 Å². The number of carbonyl (C=O) groups is 2. The molecule has 1 aromatic heterocycles. The monoisotopic (exact) mass is 512 g/mol. The van der Waals surface area contributed by atoms with Crippen molar-refractivity contribution in [2.75, 3.05) is 46.4 Å². The van der Waals surface area contributed by atoms with Crippen LogP contribution in [0, 0.1) is 0 Å². The first-order chi connectivity index (χ1) is 18.0. The molecule has 0 fully saturated rings. The molecular weight excluding hydrogens is 484 g/mol. The predicted molar refractivity (Wildman–Crippen MR) is 135 cm³/mol. The Morgan fingerprint density at radius 2 is 1.70 bits per heavy atom. The van der Waals surface area contributed by atoms with Gasteiger partial charge in [0.05, 0.1) is 39.7 Å². The molecule has 0 aliphatic heterocycles. The van der Waals surface area contributed by atoms with Crippen molar-refractivity contribution in [1.82, 2.24) is 9.78 Å². The second kappa shape index (κ2) is 13.4. The second-order valence-corrected chi connectivity index (χ2v) is 7.20. The Balaban J connectivity index is 1.44. The van der Waals surface area contributed by atoms with E-state index < -0.39 is 12.1 Å². The third kappa shape index (κ3) is 7.62. The van der Waals surface area contributed by atoms with E-state index in [4.69, 9.17) is 28.4 Å². The quantitative estimate of drug-likeness (QED) is 0.164. The molecule has 196 valence electrons. The number of carbonyl (C=O) groups excluding carboxylic acids is 2. The number of aliphatic imine (C=N–C) groups is 1. The van der Waals surface area contributed by atoms with Crippen LogP contribution in [0.5, 0.6) is 28.7 Å². The predicted octanol–water partition coefficient (Wildman–Crippen LogP) is 4.00. The molecule has 12 heteroatoms. The summed E-state index contributed by atoms with van der Waals surface area (Å²) in [5.41, 5.74) is 1.06. The van der Waals surface area contributed by atoms with Crippen LogP contribution in [-0.2, 0) is 9.47 Å². The van der Waals surface area contributed by atoms with E-state index >= 15 is 0 Å². The van der Waals surface area contributed by atoms with E-state index in [0.29, 0.717) is 35.3 Å². The van der Waals surface area contributed by atoms with E-state index in [1.54, 1.807) is 31.2 Å². The molecule has 12 nitrogen and oxygen atoms in total. The highest BCUT2D eigenvalue weighted by Gasteiger charge is 2.14. The number of amides is 1. The van der Waals surface area contributed by atoms with Crippen LogP contribution in [0.2, 0.25) is 0 Å². The van der Waals surface area contributed by atoms with Gasteiger partial charge >= 0.3 is 12.1 Å². The van der Waals surface area contributed by atoms with Crippen molar-refractivity contribution in [3.05, 3.63) is 54.4 Å². The molecule has 0 saturated carbocycles. The van der Waals surface area contributed by atoms with E-state index in [1.165, 1.54) is 38.4 Å². The molecule has 0 atom stereocenters. The normalized spacial score (nSPS) is 10.6. The van der Waals surface area contributed by atoms with Crippen LogP contribution in [0.4, 0.5) is 10.5 Å². The number of aromatic nitrogens is 2. The molecule has 1 amide bonds. The van der Waals surface area contributed by atoms with Crippen molar-refractivity contribution < 1.29 is 38.0 Å². The fourth-order valence-corrected chi connectivity index (χ4v) is 3.09. The summed E-state index contributed by atoms with van der Waals surface area (Å²) in [5.74, 6) is 2.07. The van der Waals surface area contributed by atoms with Gasteiger partial charge in [0.2, 0.25) is 5.75 Å². The average Bonchev–Trinajstić information content (AvgIpc) is 3.39. The third-order valence-electron chi connectivity index (χ3n) is 4.78. The van der Waals surface area contributed by atoms with Crippen LogP contribution in [0.1, 0.15) is 17.3 Å². The van der Waals surface area contributed by atoms with Crippen molar-refractivity contribution in [3.8, 4) is 28.7 Å². The van der Waals surface area contributed by atoms with Crippen LogP contribution >= 0.6 is 0 Å². The summed E-state index contributed by atoms with van der Waals surface area (Å²) in [7, 11) is 4.60. The summed E-state index contributed by atoms with van der Waals surface area (Å²) in [5, 5.41) is 7.04. The van der Waals surface area contributed by atoms with Gasteiger partial charge in [0, 0.05) is 30.6 Å². The highest BCUT2D eigenvalue weighted by atomic mass is 16.5. The van der Waals surface area contributed by atoms with Crippen molar-refractivity contribution in [3.63, 3.8) is 0 Å². The second-order valence-electron chi connectivity index (χ2n) is 7.20. The zero-order valence-electron chi connectivity index (χ0n) is 20.9. The SMILES string of the molecule is CCOC(=O)c1cnn(C=NC(=O)OCCNc2ccc(Oc3cc(OC)c(OC)c(OC)c3)cc2)c1. The first-order valence-electron chi connectivity index (χ1n) is 11.2. The molecule has 0 aliphatic carbocycles. The number of anilines is 1. The van der Waals surface area contributed by atoms with Crippen LogP contribution < -0.4 is 24.3 Å². The molecule has 2 aromatic carbocycles. The average molecular weight is 513 g/mol. The maximum Gasteiger partial charge on any atom is 0.435 e. The van der Waals surface area contributed by atoms with Gasteiger partial charge in [-0.05, 0) is 31.2 Å². The van der Waals surface area contributed by atoms with Crippen LogP contribution in [0.25, 0.3) is 0 Å². The summed E-state index contributed by atoms with van der Waals surface area (Å²) in [6.45, 7) is 2.42. The van der Waals surface area contributed by atoms with Crippen LogP contribution in [0.3, 0.4) is 0 Å². The van der Waals surface area contributed by atoms with Crippen molar-refractivity contribution in [2.45, 2.75) is 6.92 Å². The summed E-state index contributed by atoms with van der Waals surface area (Å²) >= 11 is 0. The molecule has 3 aromatic rings. The number of methoxy groups -OCH3 is 3. The van der Waals surface area contributed by atoms with Gasteiger partial charge in [0.15, 0.2) is 11.5 Å². The van der Waals surface area contributed by atoms with Gasteiger partial charge in [-0.1, -0.05) is 0 Å². The number of hydrogen-bond donors (Lipinski definition) is 1. The number of rotatable bonds is 12. The Labute approximate surface area is 213 Å². The molecule has 0 unspecified atom stereocenters. The van der Waals surface area contributed by atoms with Crippen molar-refractivity contribution in [1.29, 1.82) is 0 Å². The summed E-state index contributed by atoms with van der Waals surface area (Å²) < 4.78 is 33.0. The summed E-state index contributed by atoms with van der Waals surface area (Å²) in [4.78, 5) is 27.1. The fourth-order valence-electron chi connectivity index (χ4n) is 3.09. The minimum atomic E-state index is -0.788. The number of ether oxygens (including phenoxy) is 6. The number of nitrogens with one attached hydrogen (secondary N) is 1. The zero-order valence-corrected chi connectivity index (χ0v) is 20.9. The Hall–Kier alpha value is -4.74. The topological polar surface area (TPSA) is 132 Å². The first kappa shape index (κ1) is 26.9. The van der Waals surface area contributed by atoms with Gasteiger partial charge < -0.3 is 33.7 Å². The lowest BCUT2D eigenvalue weighted by molar-refractivity contribution is 0.0526. The molecule has 0 bridgehead atoms. The van der Waals surface area contributed by atoms with Crippen LogP contribution in [0.15, 0.2) is 53.8 Å². The number of hydrogen-bond acceptors (Lipinski definition) is 10. The number of esters is 1. The molecule has 1 N–H and O–H groups in total. The van der Waals surface area contributed by atoms with Gasteiger partial charge in [-0.15, -0.1) is 0 Å². The minimum Gasteiger partial charge on any atom is -0.493 e. The lowest BCUT2D eigenvalue weighted by atomic mass is 10.2. The smallest absolute Gasteiger partial charge is 0.435 e. The molecular formula is C25H28N4O8. The summed E-state index contributed by atoms with van der Waals surface area (Å²) in [6.07, 6.45) is 3.07. The first-order valence-corrected chi connectivity index (χ1v) is 11.2. The molecule has 0 saturated heterocycles. The maximum atomic E-state index is 11.8. The van der Waals surface area contributed by atoms with E-state index in [2.05, 4.69) is 15.4 Å². The highest BCUT2D eigenvalue weighted by molar-refractivity contribution is 5.89. The molecule has 0 radical (unpaired) electrons. The largest absolute Gasteiger partial charge is 0.493 e. The highest BCUT2D eigenvalue weighted by Crippen LogP contribution is 2.41. The van der Waals surface area contributed by atoms with Gasteiger partial charge in [-0.25, -0.2) is 14.3 Å². The third-order valence-corrected chi connectivity index (χ3v) is 4.78. The Morgan fingerprint density at radius 1 is 1.00 bits per heavy atom. The molecule has 3 rings (SSSR count). The molecule has 1 heterocycles. The molecule has 37 heavy (non-hydrogen) atoms. The zero-order chi connectivity index (χ0) is 26.6. The lowest BCUT2D eigenvalue weighted by Gasteiger charge is -2.14. The van der Waals surface area contributed by atoms with E-state index in [0.717, 1.165) is 12.0 Å². The van der Waals surface area contributed by atoms with Crippen molar-refractivity contribution in [2.24, 2.45) is 4.99 Å². The maximum absolute atomic E-state index is 11.8. The van der Waals surface area contributed by atoms with Crippen molar-refractivity contribution >= 4 is 24.1 Å². The minimum absolute atomic E-state index is 0.0903. The Kier molecular flexibility index (Phi) is 9.71. The standard InChI is InChI=1S/C25H28N4O8/c1-5-35-24(30)17-14-28-29(15-17)16-27-25(31)36-11-10-26-18-6-8-19(9-7-18)37-20-12-21(32-2)23(34-4)22(13-20)33-3/h6-9,12-16,26H,5,10-11H2,1-4H3. The van der Waals surface area contributed by atoms with E-state index in [9.17, 15) is 9.59 Å². The molecule has 0 aliphatic rings. The fraction of sp³-hybridized carbons (Fsp3) is 0.280.